The molecule has 0 aromatic carbocycles. The van der Waals surface area contributed by atoms with Crippen molar-refractivity contribution in [1.82, 2.24) is 16.0 Å². The third kappa shape index (κ3) is 38.2. The topological polar surface area (TPSA) is 270 Å². The molecule has 10 N–H and O–H groups in total. The lowest BCUT2D eigenvalue weighted by molar-refractivity contribution is -0.297. The summed E-state index contributed by atoms with van der Waals surface area (Å²) in [7, 11) is 0. The Labute approximate surface area is 460 Å². The number of carbonyl (C=O) groups excluding carboxylic acids is 3. The first-order valence-electron chi connectivity index (χ1n) is 25.5. The molecule has 1 heterocycles. The first-order valence-corrected chi connectivity index (χ1v) is 25.5. The van der Waals surface area contributed by atoms with Gasteiger partial charge in [0.05, 0.1) is 51.8 Å². The summed E-state index contributed by atoms with van der Waals surface area (Å²) in [6.45, 7) is 3.63. The normalized spacial score (nSPS) is 16.2. The smallest absolute Gasteiger partial charge is 0.297 e. The van der Waals surface area contributed by atoms with Gasteiger partial charge in [-0.15, -0.1) is 0 Å². The van der Waals surface area contributed by atoms with Crippen LogP contribution in [-0.2, 0) is 42.9 Å². The molecule has 0 aromatic heterocycles. The molecular weight excluding hydrogens is 1000 g/mol. The van der Waals surface area contributed by atoms with Crippen molar-refractivity contribution in [2.45, 2.75) is 146 Å². The SMILES string of the molecule is CC#CC#CC#CC#CC#CC#CC#CC#CC#CC#CC#CC#CC(=O)N[C@@H](CO[C@H]1O[C@H](CNC(=O)COCCOCCOCCNC(=O)CON)[C@H](O)[C@H](O)C1O)[C@H](O)[C@H](O)CCCCCCCCCCCCCC. The second-order valence-electron chi connectivity index (χ2n) is 16.5. The van der Waals surface area contributed by atoms with Crippen LogP contribution in [0.25, 0.3) is 0 Å². The van der Waals surface area contributed by atoms with Gasteiger partial charge >= 0.3 is 0 Å². The van der Waals surface area contributed by atoms with Crippen LogP contribution in [0, 0.1) is 142 Å². The van der Waals surface area contributed by atoms with E-state index in [-0.39, 0.29) is 71.7 Å². The van der Waals surface area contributed by atoms with Crippen LogP contribution >= 0.6 is 0 Å². The van der Waals surface area contributed by atoms with E-state index in [4.69, 9.17) is 29.6 Å². The van der Waals surface area contributed by atoms with Crippen LogP contribution < -0.4 is 21.8 Å². The maximum Gasteiger partial charge on any atom is 0.297 e. The van der Waals surface area contributed by atoms with Gasteiger partial charge in [0.2, 0.25) is 11.8 Å². The lowest BCUT2D eigenvalue weighted by Gasteiger charge is -2.41. The summed E-state index contributed by atoms with van der Waals surface area (Å²) >= 11 is 0. The Bertz CT molecular complexity index is 2620. The number of aliphatic hydroxyl groups excluding tert-OH is 5. The number of carbonyl (C=O) groups is 3. The minimum atomic E-state index is -1.79. The number of unbranched alkanes of at least 4 members (excludes halogenated alkanes) is 11. The summed E-state index contributed by atoms with van der Waals surface area (Å²) in [5, 5.41) is 62.0. The molecule has 0 saturated carbocycles. The molecule has 1 aliphatic rings. The number of ether oxygens (including phenoxy) is 5. The van der Waals surface area contributed by atoms with Gasteiger partial charge in [-0.2, -0.15) is 0 Å². The third-order valence-corrected chi connectivity index (χ3v) is 10.5. The number of nitrogens with one attached hydrogen (secondary N) is 3. The molecule has 1 fully saturated rings. The molecule has 0 radical (unpaired) electrons. The molecule has 18 nitrogen and oxygen atoms in total. The first kappa shape index (κ1) is 68.7. The van der Waals surface area contributed by atoms with Gasteiger partial charge in [0, 0.05) is 54.5 Å². The zero-order valence-corrected chi connectivity index (χ0v) is 44.4. The fourth-order valence-electron chi connectivity index (χ4n) is 6.52. The van der Waals surface area contributed by atoms with E-state index in [0.717, 1.165) is 25.7 Å². The maximum atomic E-state index is 13.0. The standard InChI is InChI=1S/C60H70N4O14/c1-3-5-7-9-11-13-15-17-18-19-20-21-22-23-24-25-26-27-29-31-33-35-37-39-53(66)64-50(56(69)51(65)38-36-34-32-30-28-16-14-12-10-8-6-4-2)47-76-60-59(72)58(71)57(70)52(78-60)46-63-54(67)48-75-45-44-74-43-42-73-41-40-62-55(68)49-77-61/h50-52,56-60,65,69-72H,4,6,8,10,12,14,16,28,30,32,34,36,38,40-49,61H2,1-2H3,(H,62,68)(H,63,67)(H,64,66)/t50-,51+,52+,56-,57-,58-,59?,60-/m0/s1. The molecule has 1 unspecified atom stereocenters. The van der Waals surface area contributed by atoms with Crippen LogP contribution in [0.1, 0.15) is 97.3 Å². The van der Waals surface area contributed by atoms with Crippen LogP contribution in [0.3, 0.4) is 0 Å². The number of rotatable bonds is 34. The summed E-state index contributed by atoms with van der Waals surface area (Å²) in [6.07, 6.45) is 2.61. The number of aliphatic hydroxyl groups is 5. The van der Waals surface area contributed by atoms with Crippen molar-refractivity contribution in [3.05, 3.63) is 0 Å². The summed E-state index contributed by atoms with van der Waals surface area (Å²) in [4.78, 5) is 40.9. The Hall–Kier alpha value is -7.35. The largest absolute Gasteiger partial charge is 0.390 e. The second kappa shape index (κ2) is 49.2. The van der Waals surface area contributed by atoms with E-state index >= 15 is 0 Å². The highest BCUT2D eigenvalue weighted by atomic mass is 16.7. The summed E-state index contributed by atoms with van der Waals surface area (Å²) < 4.78 is 27.5. The lowest BCUT2D eigenvalue weighted by Crippen LogP contribution is -2.61. The second-order valence-corrected chi connectivity index (χ2v) is 16.5. The fraction of sp³-hybridized carbons (Fsp3) is 0.550. The zero-order valence-electron chi connectivity index (χ0n) is 44.4. The third-order valence-electron chi connectivity index (χ3n) is 10.5. The van der Waals surface area contributed by atoms with Crippen LogP contribution in [0.4, 0.5) is 0 Å². The van der Waals surface area contributed by atoms with Crippen molar-refractivity contribution >= 4 is 17.7 Å². The molecular formula is C60H70N4O14. The van der Waals surface area contributed by atoms with Crippen molar-refractivity contribution in [2.75, 3.05) is 65.9 Å². The van der Waals surface area contributed by atoms with Crippen LogP contribution in [-0.4, -0.2) is 158 Å². The van der Waals surface area contributed by atoms with Crippen molar-refractivity contribution in [2.24, 2.45) is 5.90 Å². The molecule has 1 saturated heterocycles. The van der Waals surface area contributed by atoms with Gasteiger partial charge in [-0.05, 0) is 108 Å². The highest BCUT2D eigenvalue weighted by Crippen LogP contribution is 2.23. The quantitative estimate of drug-likeness (QED) is 0.0220. The Morgan fingerprint density at radius 3 is 1.50 bits per heavy atom. The van der Waals surface area contributed by atoms with Gasteiger partial charge in [0.1, 0.15) is 43.7 Å². The molecule has 3 amide bonds. The van der Waals surface area contributed by atoms with E-state index < -0.39 is 67.4 Å². The fourth-order valence-corrected chi connectivity index (χ4v) is 6.52. The maximum absolute atomic E-state index is 13.0. The summed E-state index contributed by atoms with van der Waals surface area (Å²) in [5.41, 5.74) is 0. The van der Waals surface area contributed by atoms with Crippen LogP contribution in [0.2, 0.25) is 0 Å². The van der Waals surface area contributed by atoms with Crippen LogP contribution in [0.5, 0.6) is 0 Å². The predicted molar refractivity (Wildman–Crippen MR) is 290 cm³/mol. The van der Waals surface area contributed by atoms with Gasteiger partial charge in [-0.25, -0.2) is 5.90 Å². The number of amides is 3. The lowest BCUT2D eigenvalue weighted by atomic mass is 9.98. The molecule has 414 valence electrons. The Morgan fingerprint density at radius 2 is 1.00 bits per heavy atom. The molecule has 1 rings (SSSR count). The van der Waals surface area contributed by atoms with E-state index in [1.807, 2.05) is 0 Å². The monoisotopic (exact) mass is 1070 g/mol. The van der Waals surface area contributed by atoms with E-state index in [2.05, 4.69) is 170 Å². The van der Waals surface area contributed by atoms with Crippen molar-refractivity contribution in [3.8, 4) is 142 Å². The van der Waals surface area contributed by atoms with Gasteiger partial charge in [-0.1, -0.05) is 89.9 Å². The van der Waals surface area contributed by atoms with Gasteiger partial charge in [0.25, 0.3) is 5.91 Å². The minimum Gasteiger partial charge on any atom is -0.390 e. The number of nitrogens with two attached hydrogens (primary N) is 1. The number of hydrogen-bond acceptors (Lipinski definition) is 15. The van der Waals surface area contributed by atoms with Crippen molar-refractivity contribution in [1.29, 1.82) is 0 Å². The molecule has 18 heteroatoms. The predicted octanol–water partition coefficient (Wildman–Crippen LogP) is -0.658. The first-order chi connectivity index (χ1) is 38.0. The summed E-state index contributed by atoms with van der Waals surface area (Å²) in [5.74, 6) is 62.3. The van der Waals surface area contributed by atoms with E-state index in [0.29, 0.717) is 6.42 Å². The van der Waals surface area contributed by atoms with Gasteiger partial charge in [-0.3, -0.25) is 19.2 Å². The van der Waals surface area contributed by atoms with Crippen LogP contribution in [0.15, 0.2) is 0 Å². The number of hydrogen-bond donors (Lipinski definition) is 9. The van der Waals surface area contributed by atoms with E-state index in [1.165, 1.54) is 44.9 Å². The Balaban J connectivity index is 2.83. The molecule has 0 aromatic rings. The molecule has 8 atom stereocenters. The van der Waals surface area contributed by atoms with Crippen molar-refractivity contribution < 1.29 is 68.4 Å². The minimum absolute atomic E-state index is 0.0713. The zero-order chi connectivity index (χ0) is 56.9. The molecule has 0 bridgehead atoms. The highest BCUT2D eigenvalue weighted by Gasteiger charge is 2.45. The van der Waals surface area contributed by atoms with E-state index in [1.54, 1.807) is 6.92 Å². The van der Waals surface area contributed by atoms with Crippen molar-refractivity contribution in [3.63, 3.8) is 0 Å². The molecule has 78 heavy (non-hydrogen) atoms. The molecule has 0 aliphatic carbocycles. The Kier molecular flexibility index (Phi) is 43.3. The average molecular weight is 1070 g/mol. The highest BCUT2D eigenvalue weighted by molar-refractivity contribution is 5.94. The van der Waals surface area contributed by atoms with Gasteiger partial charge < -0.3 is 65.2 Å². The summed E-state index contributed by atoms with van der Waals surface area (Å²) in [6, 6.07) is -1.31. The Morgan fingerprint density at radius 1 is 0.551 bits per heavy atom. The van der Waals surface area contributed by atoms with E-state index in [9.17, 15) is 39.9 Å². The molecule has 1 aliphatic heterocycles. The molecule has 0 spiro atoms. The van der Waals surface area contributed by atoms with Gasteiger partial charge in [0.15, 0.2) is 6.29 Å². The average Bonchev–Trinajstić information content (AvgIpc) is 3.44.